The average molecular weight is 409 g/mol. The van der Waals surface area contributed by atoms with Crippen molar-refractivity contribution in [3.63, 3.8) is 0 Å². The maximum Gasteiger partial charge on any atom is 0.265 e. The third-order valence-electron chi connectivity index (χ3n) is 3.47. The zero-order valence-corrected chi connectivity index (χ0v) is 15.2. The third-order valence-corrected chi connectivity index (χ3v) is 4.14. The second-order valence-electron chi connectivity index (χ2n) is 5.17. The van der Waals surface area contributed by atoms with Crippen LogP contribution in [0.5, 0.6) is 5.75 Å². The van der Waals surface area contributed by atoms with Crippen molar-refractivity contribution in [1.82, 2.24) is 0 Å². The molecule has 0 unspecified atom stereocenters. The second-order valence-corrected chi connectivity index (χ2v) is 6.42. The molecular formula is C18H20INO2. The minimum atomic E-state index is -0.550. The summed E-state index contributed by atoms with van der Waals surface area (Å²) in [6.07, 6.45) is 0.326. The van der Waals surface area contributed by atoms with E-state index in [9.17, 15) is 4.79 Å². The molecule has 0 fully saturated rings. The van der Waals surface area contributed by atoms with Crippen LogP contribution in [0.3, 0.4) is 0 Å². The number of amides is 1. The molecule has 0 aliphatic heterocycles. The maximum atomic E-state index is 12.3. The molecule has 1 N–H and O–H groups in total. The Kier molecular flexibility index (Phi) is 5.83. The van der Waals surface area contributed by atoms with Crippen LogP contribution in [0.4, 0.5) is 5.69 Å². The molecule has 116 valence electrons. The summed E-state index contributed by atoms with van der Waals surface area (Å²) in [5.41, 5.74) is 2.97. The van der Waals surface area contributed by atoms with Crippen LogP contribution in [-0.4, -0.2) is 12.0 Å². The van der Waals surface area contributed by atoms with Gasteiger partial charge in [0.1, 0.15) is 5.75 Å². The number of hydrogen-bond acceptors (Lipinski definition) is 2. The van der Waals surface area contributed by atoms with Gasteiger partial charge in [0.2, 0.25) is 0 Å². The van der Waals surface area contributed by atoms with Gasteiger partial charge in [-0.2, -0.15) is 0 Å². The maximum absolute atomic E-state index is 12.3. The molecule has 0 aliphatic rings. The monoisotopic (exact) mass is 409 g/mol. The Morgan fingerprint density at radius 2 is 2.00 bits per heavy atom. The van der Waals surface area contributed by atoms with Crippen LogP contribution >= 0.6 is 22.6 Å². The molecule has 22 heavy (non-hydrogen) atoms. The van der Waals surface area contributed by atoms with Crippen LogP contribution < -0.4 is 10.1 Å². The Balaban J connectivity index is 2.06. The van der Waals surface area contributed by atoms with Crippen molar-refractivity contribution in [3.05, 3.63) is 57.2 Å². The quantitative estimate of drug-likeness (QED) is 0.735. The van der Waals surface area contributed by atoms with Crippen LogP contribution in [-0.2, 0) is 11.2 Å². The standard InChI is InChI=1S/C18H20INO2/c1-4-14-7-5-6-8-17(14)22-13(3)18(21)20-16-10-9-15(19)11-12(16)2/h5-11,13H,4H2,1-3H3,(H,20,21)/t13-/m0/s1. The van der Waals surface area contributed by atoms with Crippen molar-refractivity contribution < 1.29 is 9.53 Å². The Morgan fingerprint density at radius 1 is 1.27 bits per heavy atom. The van der Waals surface area contributed by atoms with E-state index in [1.165, 1.54) is 0 Å². The molecule has 0 bridgehead atoms. The van der Waals surface area contributed by atoms with Crippen molar-refractivity contribution in [2.24, 2.45) is 0 Å². The fourth-order valence-electron chi connectivity index (χ4n) is 2.16. The van der Waals surface area contributed by atoms with Crippen LogP contribution in [0.15, 0.2) is 42.5 Å². The summed E-state index contributed by atoms with van der Waals surface area (Å²) in [5.74, 6) is 0.627. The van der Waals surface area contributed by atoms with Gasteiger partial charge < -0.3 is 10.1 Å². The molecule has 4 heteroatoms. The summed E-state index contributed by atoms with van der Waals surface area (Å²) in [6.45, 7) is 5.82. The molecule has 0 spiro atoms. The number of nitrogens with one attached hydrogen (secondary N) is 1. The SMILES string of the molecule is CCc1ccccc1O[C@@H](C)C(=O)Nc1ccc(I)cc1C. The number of benzene rings is 2. The van der Waals surface area contributed by atoms with Crippen LogP contribution in [0, 0.1) is 10.5 Å². The first kappa shape index (κ1) is 16.8. The highest BCUT2D eigenvalue weighted by atomic mass is 127. The van der Waals surface area contributed by atoms with E-state index >= 15 is 0 Å². The fourth-order valence-corrected chi connectivity index (χ4v) is 2.80. The van der Waals surface area contributed by atoms with Crippen molar-refractivity contribution in [2.45, 2.75) is 33.3 Å². The highest BCUT2D eigenvalue weighted by Crippen LogP contribution is 2.21. The number of para-hydroxylation sites is 1. The van der Waals surface area contributed by atoms with Gasteiger partial charge in [0.05, 0.1) is 0 Å². The van der Waals surface area contributed by atoms with Gasteiger partial charge in [0, 0.05) is 9.26 Å². The number of carbonyl (C=O) groups is 1. The molecule has 0 saturated carbocycles. The third kappa shape index (κ3) is 4.22. The first-order chi connectivity index (χ1) is 10.5. The topological polar surface area (TPSA) is 38.3 Å². The lowest BCUT2D eigenvalue weighted by molar-refractivity contribution is -0.122. The van der Waals surface area contributed by atoms with Gasteiger partial charge in [0.15, 0.2) is 6.10 Å². The summed E-state index contributed by atoms with van der Waals surface area (Å²) in [7, 11) is 0. The number of aryl methyl sites for hydroxylation is 2. The summed E-state index contributed by atoms with van der Waals surface area (Å²) >= 11 is 2.25. The molecule has 0 aromatic heterocycles. The van der Waals surface area contributed by atoms with Gasteiger partial charge in [-0.25, -0.2) is 0 Å². The van der Waals surface area contributed by atoms with E-state index < -0.39 is 6.10 Å². The van der Waals surface area contributed by atoms with Gasteiger partial charge in [-0.05, 0) is 78.3 Å². The number of anilines is 1. The second kappa shape index (κ2) is 7.63. The van der Waals surface area contributed by atoms with Crippen molar-refractivity contribution >= 4 is 34.2 Å². The number of carbonyl (C=O) groups excluding carboxylic acids is 1. The molecule has 0 saturated heterocycles. The molecule has 0 heterocycles. The molecule has 0 aliphatic carbocycles. The van der Waals surface area contributed by atoms with E-state index in [2.05, 4.69) is 34.8 Å². The van der Waals surface area contributed by atoms with E-state index in [0.29, 0.717) is 0 Å². The van der Waals surface area contributed by atoms with Gasteiger partial charge >= 0.3 is 0 Å². The Labute approximate surface area is 145 Å². The highest BCUT2D eigenvalue weighted by molar-refractivity contribution is 14.1. The molecule has 0 radical (unpaired) electrons. The minimum absolute atomic E-state index is 0.143. The summed E-state index contributed by atoms with van der Waals surface area (Å²) in [4.78, 5) is 12.3. The van der Waals surface area contributed by atoms with Crippen LogP contribution in [0.2, 0.25) is 0 Å². The van der Waals surface area contributed by atoms with E-state index in [-0.39, 0.29) is 5.91 Å². The van der Waals surface area contributed by atoms with E-state index in [1.807, 2.05) is 49.4 Å². The predicted molar refractivity (Wildman–Crippen MR) is 98.4 cm³/mol. The predicted octanol–water partition coefficient (Wildman–Crippen LogP) is 4.57. The Hall–Kier alpha value is -1.56. The minimum Gasteiger partial charge on any atom is -0.481 e. The number of hydrogen-bond donors (Lipinski definition) is 1. The molecule has 2 rings (SSSR count). The van der Waals surface area contributed by atoms with Gasteiger partial charge in [-0.1, -0.05) is 25.1 Å². The first-order valence-corrected chi connectivity index (χ1v) is 8.40. The number of halogens is 1. The van der Waals surface area contributed by atoms with Crippen LogP contribution in [0.1, 0.15) is 25.0 Å². The zero-order valence-electron chi connectivity index (χ0n) is 13.0. The molecule has 1 atom stereocenters. The molecule has 2 aromatic carbocycles. The number of ether oxygens (including phenoxy) is 1. The summed E-state index contributed by atoms with van der Waals surface area (Å²) in [6, 6.07) is 13.7. The zero-order chi connectivity index (χ0) is 16.1. The van der Waals surface area contributed by atoms with E-state index in [0.717, 1.165) is 32.6 Å². The Morgan fingerprint density at radius 3 is 2.68 bits per heavy atom. The van der Waals surface area contributed by atoms with Crippen molar-refractivity contribution in [1.29, 1.82) is 0 Å². The lowest BCUT2D eigenvalue weighted by Crippen LogP contribution is -2.30. The summed E-state index contributed by atoms with van der Waals surface area (Å²) in [5, 5.41) is 2.93. The number of rotatable bonds is 5. The smallest absolute Gasteiger partial charge is 0.265 e. The Bertz CT molecular complexity index is 670. The van der Waals surface area contributed by atoms with Gasteiger partial charge in [-0.3, -0.25) is 4.79 Å². The van der Waals surface area contributed by atoms with E-state index in [4.69, 9.17) is 4.74 Å². The lowest BCUT2D eigenvalue weighted by atomic mass is 10.1. The normalized spacial score (nSPS) is 11.8. The molecular weight excluding hydrogens is 389 g/mol. The average Bonchev–Trinajstić information content (AvgIpc) is 2.50. The van der Waals surface area contributed by atoms with Crippen molar-refractivity contribution in [3.8, 4) is 5.75 Å². The lowest BCUT2D eigenvalue weighted by Gasteiger charge is -2.17. The molecule has 3 nitrogen and oxygen atoms in total. The summed E-state index contributed by atoms with van der Waals surface area (Å²) < 4.78 is 6.97. The largest absolute Gasteiger partial charge is 0.481 e. The fraction of sp³-hybridized carbons (Fsp3) is 0.278. The molecule has 2 aromatic rings. The van der Waals surface area contributed by atoms with Crippen LogP contribution in [0.25, 0.3) is 0 Å². The van der Waals surface area contributed by atoms with Gasteiger partial charge in [-0.15, -0.1) is 0 Å². The van der Waals surface area contributed by atoms with Gasteiger partial charge in [0.25, 0.3) is 5.91 Å². The van der Waals surface area contributed by atoms with Crippen molar-refractivity contribution in [2.75, 3.05) is 5.32 Å². The molecule has 1 amide bonds. The first-order valence-electron chi connectivity index (χ1n) is 7.33. The highest BCUT2D eigenvalue weighted by Gasteiger charge is 2.16. The van der Waals surface area contributed by atoms with E-state index in [1.54, 1.807) is 6.92 Å².